The van der Waals surface area contributed by atoms with E-state index in [9.17, 15) is 22.8 Å². The first-order chi connectivity index (χ1) is 15.6. The molecule has 2 aromatic rings. The summed E-state index contributed by atoms with van der Waals surface area (Å²) in [7, 11) is -3.68. The summed E-state index contributed by atoms with van der Waals surface area (Å²) >= 11 is 0. The Morgan fingerprint density at radius 2 is 1.70 bits per heavy atom. The predicted octanol–water partition coefficient (Wildman–Crippen LogP) is 2.63. The molecule has 0 radical (unpaired) electrons. The van der Waals surface area contributed by atoms with E-state index >= 15 is 0 Å². The van der Waals surface area contributed by atoms with Gasteiger partial charge in [-0.05, 0) is 44.5 Å². The van der Waals surface area contributed by atoms with Crippen molar-refractivity contribution in [2.24, 2.45) is 0 Å². The number of hydrogen-bond donors (Lipinski definition) is 2. The molecule has 0 fully saturated rings. The number of aromatic nitrogens is 1. The lowest BCUT2D eigenvalue weighted by atomic mass is 10.1. The number of amides is 1. The Morgan fingerprint density at radius 3 is 2.30 bits per heavy atom. The average Bonchev–Trinajstić information content (AvgIpc) is 3.07. The van der Waals surface area contributed by atoms with Crippen LogP contribution in [0.2, 0.25) is 0 Å². The van der Waals surface area contributed by atoms with Gasteiger partial charge in [0, 0.05) is 24.5 Å². The highest BCUT2D eigenvalue weighted by molar-refractivity contribution is 7.89. The number of ether oxygens (including phenoxy) is 2. The van der Waals surface area contributed by atoms with Gasteiger partial charge in [0.2, 0.25) is 10.0 Å². The van der Waals surface area contributed by atoms with Gasteiger partial charge < -0.3 is 19.8 Å². The summed E-state index contributed by atoms with van der Waals surface area (Å²) in [6.45, 7) is 8.57. The van der Waals surface area contributed by atoms with Crippen LogP contribution in [-0.4, -0.2) is 61.9 Å². The molecule has 0 saturated heterocycles. The average molecular weight is 480 g/mol. The van der Waals surface area contributed by atoms with Gasteiger partial charge in [-0.1, -0.05) is 19.9 Å². The number of aryl methyl sites for hydroxylation is 1. The molecule has 1 heterocycles. The highest BCUT2D eigenvalue weighted by Crippen LogP contribution is 2.21. The first-order valence-corrected chi connectivity index (χ1v) is 11.9. The van der Waals surface area contributed by atoms with Gasteiger partial charge in [-0.15, -0.1) is 0 Å². The molecule has 0 spiro atoms. The summed E-state index contributed by atoms with van der Waals surface area (Å²) in [4.78, 5) is 39.6. The quantitative estimate of drug-likeness (QED) is 0.500. The zero-order chi connectivity index (χ0) is 24.8. The van der Waals surface area contributed by atoms with Crippen molar-refractivity contribution in [3.05, 3.63) is 46.8 Å². The second-order valence-corrected chi connectivity index (χ2v) is 9.02. The van der Waals surface area contributed by atoms with Crippen LogP contribution >= 0.6 is 0 Å². The summed E-state index contributed by atoms with van der Waals surface area (Å²) in [5.74, 6) is -2.00. The molecular weight excluding hydrogens is 450 g/mol. The van der Waals surface area contributed by atoms with Crippen LogP contribution in [0.5, 0.6) is 0 Å². The smallest absolute Gasteiger partial charge is 0.355 e. The third kappa shape index (κ3) is 5.99. The molecule has 0 bridgehead atoms. The van der Waals surface area contributed by atoms with E-state index in [0.717, 1.165) is 0 Å². The zero-order valence-corrected chi connectivity index (χ0v) is 20.2. The van der Waals surface area contributed by atoms with E-state index in [1.165, 1.54) is 28.6 Å². The molecule has 180 valence electrons. The first-order valence-electron chi connectivity index (χ1n) is 10.5. The Morgan fingerprint density at radius 1 is 1.03 bits per heavy atom. The molecule has 2 N–H and O–H groups in total. The van der Waals surface area contributed by atoms with E-state index in [-0.39, 0.29) is 28.4 Å². The first kappa shape index (κ1) is 26.1. The van der Waals surface area contributed by atoms with E-state index in [1.54, 1.807) is 34.6 Å². The molecule has 1 aromatic carbocycles. The summed E-state index contributed by atoms with van der Waals surface area (Å²) in [6, 6.07) is 5.84. The summed E-state index contributed by atoms with van der Waals surface area (Å²) in [5.41, 5.74) is 1.33. The normalized spacial score (nSPS) is 11.3. The second-order valence-electron chi connectivity index (χ2n) is 7.09. The van der Waals surface area contributed by atoms with Crippen LogP contribution < -0.4 is 5.32 Å². The molecule has 0 unspecified atom stereocenters. The Hall–Kier alpha value is -3.18. The monoisotopic (exact) mass is 479 g/mol. The fraction of sp³-hybridized carbons (Fsp3) is 0.409. The molecule has 11 heteroatoms. The second kappa shape index (κ2) is 11.1. The number of carbonyl (C=O) groups excluding carboxylic acids is 3. The molecule has 33 heavy (non-hydrogen) atoms. The van der Waals surface area contributed by atoms with E-state index < -0.39 is 34.5 Å². The summed E-state index contributed by atoms with van der Waals surface area (Å²) in [6.07, 6.45) is 0. The van der Waals surface area contributed by atoms with Crippen LogP contribution in [0.25, 0.3) is 0 Å². The van der Waals surface area contributed by atoms with E-state index in [0.29, 0.717) is 24.3 Å². The van der Waals surface area contributed by atoms with Gasteiger partial charge in [-0.2, -0.15) is 4.31 Å². The third-order valence-corrected chi connectivity index (χ3v) is 6.96. The van der Waals surface area contributed by atoms with Crippen LogP contribution in [0.15, 0.2) is 29.2 Å². The Bertz CT molecular complexity index is 1130. The van der Waals surface area contributed by atoms with Gasteiger partial charge >= 0.3 is 11.9 Å². The fourth-order valence-electron chi connectivity index (χ4n) is 3.31. The standard InChI is InChI=1S/C22H29N3O7S/c1-6-25(7-2)33(29,30)17-11-9-10-16(12-17)24-18(26)13-32-21(27)19-14(4)20(23-15(19)5)22(28)31-8-3/h9-12,23H,6-8,13H2,1-5H3,(H,24,26). The number of aromatic amines is 1. The number of rotatable bonds is 10. The van der Waals surface area contributed by atoms with E-state index in [2.05, 4.69) is 10.3 Å². The molecular formula is C22H29N3O7S. The van der Waals surface area contributed by atoms with Crippen molar-refractivity contribution in [2.45, 2.75) is 39.5 Å². The highest BCUT2D eigenvalue weighted by Gasteiger charge is 2.25. The number of esters is 2. The predicted molar refractivity (Wildman–Crippen MR) is 122 cm³/mol. The molecule has 10 nitrogen and oxygen atoms in total. The number of nitrogens with zero attached hydrogens (tertiary/aromatic N) is 1. The molecule has 0 aliphatic heterocycles. The van der Waals surface area contributed by atoms with E-state index in [4.69, 9.17) is 9.47 Å². The minimum absolute atomic E-state index is 0.0473. The number of hydrogen-bond acceptors (Lipinski definition) is 7. The van der Waals surface area contributed by atoms with Gasteiger partial charge in [-0.25, -0.2) is 18.0 Å². The number of nitrogens with one attached hydrogen (secondary N) is 2. The van der Waals surface area contributed by atoms with Crippen molar-refractivity contribution in [1.82, 2.24) is 9.29 Å². The maximum Gasteiger partial charge on any atom is 0.355 e. The number of anilines is 1. The largest absolute Gasteiger partial charge is 0.461 e. The van der Waals surface area contributed by atoms with Gasteiger partial charge in [0.25, 0.3) is 5.91 Å². The number of benzene rings is 1. The number of H-pyrrole nitrogens is 1. The highest BCUT2D eigenvalue weighted by atomic mass is 32.2. The van der Waals surface area contributed by atoms with Gasteiger partial charge in [0.15, 0.2) is 6.61 Å². The Balaban J connectivity index is 2.07. The lowest BCUT2D eigenvalue weighted by molar-refractivity contribution is -0.119. The molecule has 0 saturated carbocycles. The van der Waals surface area contributed by atoms with Crippen molar-refractivity contribution < 1.29 is 32.3 Å². The lowest BCUT2D eigenvalue weighted by Crippen LogP contribution is -2.30. The van der Waals surface area contributed by atoms with Crippen molar-refractivity contribution in [3.8, 4) is 0 Å². The summed E-state index contributed by atoms with van der Waals surface area (Å²) < 4.78 is 36.7. The maximum atomic E-state index is 12.7. The molecule has 1 aromatic heterocycles. The Labute approximate surface area is 193 Å². The zero-order valence-electron chi connectivity index (χ0n) is 19.4. The van der Waals surface area contributed by atoms with Gasteiger partial charge in [-0.3, -0.25) is 4.79 Å². The minimum Gasteiger partial charge on any atom is -0.461 e. The van der Waals surface area contributed by atoms with Crippen molar-refractivity contribution in [1.29, 1.82) is 0 Å². The van der Waals surface area contributed by atoms with Crippen LogP contribution in [0.3, 0.4) is 0 Å². The topological polar surface area (TPSA) is 135 Å². The van der Waals surface area contributed by atoms with Crippen LogP contribution in [0.1, 0.15) is 52.9 Å². The van der Waals surface area contributed by atoms with Crippen LogP contribution in [-0.2, 0) is 24.3 Å². The number of carbonyl (C=O) groups is 3. The molecule has 1 amide bonds. The van der Waals surface area contributed by atoms with Crippen LogP contribution in [0, 0.1) is 13.8 Å². The SMILES string of the molecule is CCOC(=O)c1[nH]c(C)c(C(=O)OCC(=O)Nc2cccc(S(=O)(=O)N(CC)CC)c2)c1C. The molecule has 0 aliphatic carbocycles. The number of sulfonamides is 1. The Kier molecular flexibility index (Phi) is 8.77. The lowest BCUT2D eigenvalue weighted by Gasteiger charge is -2.18. The third-order valence-electron chi connectivity index (χ3n) is 4.92. The minimum atomic E-state index is -3.68. The fourth-order valence-corrected chi connectivity index (χ4v) is 4.82. The van der Waals surface area contributed by atoms with Crippen molar-refractivity contribution in [2.75, 3.05) is 31.6 Å². The van der Waals surface area contributed by atoms with Crippen molar-refractivity contribution in [3.63, 3.8) is 0 Å². The molecule has 2 rings (SSSR count). The van der Waals surface area contributed by atoms with Crippen LogP contribution in [0.4, 0.5) is 5.69 Å². The molecule has 0 aliphatic rings. The van der Waals surface area contributed by atoms with Crippen molar-refractivity contribution >= 4 is 33.6 Å². The maximum absolute atomic E-state index is 12.7. The summed E-state index contributed by atoms with van der Waals surface area (Å²) in [5, 5.41) is 2.52. The van der Waals surface area contributed by atoms with E-state index in [1.807, 2.05) is 0 Å². The molecule has 0 atom stereocenters. The van der Waals surface area contributed by atoms with Gasteiger partial charge in [0.1, 0.15) is 5.69 Å². The van der Waals surface area contributed by atoms with Gasteiger partial charge in [0.05, 0.1) is 17.1 Å².